The molecule has 0 aromatic rings. The Kier molecular flexibility index (Phi) is 2.90. The Morgan fingerprint density at radius 1 is 1.33 bits per heavy atom. The van der Waals surface area contributed by atoms with E-state index in [4.69, 9.17) is 0 Å². The minimum Gasteiger partial charge on any atom is -0.345 e. The Balaban J connectivity index is 1.80. The van der Waals surface area contributed by atoms with Gasteiger partial charge in [0.2, 0.25) is 0 Å². The maximum Gasteiger partial charge on any atom is 0.311 e. The standard InChI is InChI=1S/C10H17N3O2/c1-7-6-8(7)12-9(14)10(15)13-4-2-11-3-5-13/h7-8,11H,2-6H2,1H3,(H,12,14). The molecule has 84 valence electrons. The molecule has 0 radical (unpaired) electrons. The molecule has 0 spiro atoms. The lowest BCUT2D eigenvalue weighted by molar-refractivity contribution is -0.146. The highest BCUT2D eigenvalue weighted by Gasteiger charge is 2.36. The van der Waals surface area contributed by atoms with Crippen LogP contribution in [0, 0.1) is 5.92 Å². The van der Waals surface area contributed by atoms with Crippen LogP contribution in [0.1, 0.15) is 13.3 Å². The summed E-state index contributed by atoms with van der Waals surface area (Å²) in [5.74, 6) is -0.286. The Hall–Kier alpha value is -1.10. The fraction of sp³-hybridized carbons (Fsp3) is 0.800. The van der Waals surface area contributed by atoms with Gasteiger partial charge in [0.05, 0.1) is 0 Å². The molecule has 0 aromatic carbocycles. The van der Waals surface area contributed by atoms with Gasteiger partial charge in [0, 0.05) is 32.2 Å². The molecule has 15 heavy (non-hydrogen) atoms. The Bertz CT molecular complexity index is 274. The molecule has 2 aliphatic rings. The molecule has 2 unspecified atom stereocenters. The van der Waals surface area contributed by atoms with Crippen molar-refractivity contribution in [1.29, 1.82) is 0 Å². The summed E-state index contributed by atoms with van der Waals surface area (Å²) in [6.45, 7) is 4.89. The number of carbonyl (C=O) groups is 2. The second kappa shape index (κ2) is 4.18. The second-order valence-electron chi connectivity index (χ2n) is 4.34. The first kappa shape index (κ1) is 10.4. The molecule has 2 fully saturated rings. The first-order valence-corrected chi connectivity index (χ1v) is 5.49. The Labute approximate surface area is 89.2 Å². The van der Waals surface area contributed by atoms with Crippen molar-refractivity contribution in [2.45, 2.75) is 19.4 Å². The lowest BCUT2D eigenvalue weighted by Crippen LogP contribution is -2.51. The van der Waals surface area contributed by atoms with Gasteiger partial charge in [0.15, 0.2) is 0 Å². The number of hydrogen-bond acceptors (Lipinski definition) is 3. The Morgan fingerprint density at radius 3 is 2.47 bits per heavy atom. The largest absolute Gasteiger partial charge is 0.345 e. The van der Waals surface area contributed by atoms with Gasteiger partial charge in [-0.25, -0.2) is 0 Å². The highest BCUT2D eigenvalue weighted by Crippen LogP contribution is 2.28. The highest BCUT2D eigenvalue weighted by atomic mass is 16.2. The summed E-state index contributed by atoms with van der Waals surface area (Å²) in [6.07, 6.45) is 1.00. The van der Waals surface area contributed by atoms with Crippen LogP contribution < -0.4 is 10.6 Å². The van der Waals surface area contributed by atoms with Gasteiger partial charge in [-0.15, -0.1) is 0 Å². The summed E-state index contributed by atoms with van der Waals surface area (Å²) < 4.78 is 0. The van der Waals surface area contributed by atoms with E-state index < -0.39 is 5.91 Å². The van der Waals surface area contributed by atoms with Crippen LogP contribution in [-0.2, 0) is 9.59 Å². The van der Waals surface area contributed by atoms with Gasteiger partial charge in [0.1, 0.15) is 0 Å². The van der Waals surface area contributed by atoms with E-state index in [1.807, 2.05) is 0 Å². The second-order valence-corrected chi connectivity index (χ2v) is 4.34. The van der Waals surface area contributed by atoms with Crippen LogP contribution in [-0.4, -0.2) is 48.9 Å². The van der Waals surface area contributed by atoms with E-state index in [9.17, 15) is 9.59 Å². The fourth-order valence-electron chi connectivity index (χ4n) is 1.76. The first-order valence-electron chi connectivity index (χ1n) is 5.49. The third-order valence-electron chi connectivity index (χ3n) is 3.02. The maximum atomic E-state index is 11.7. The Morgan fingerprint density at radius 2 is 1.93 bits per heavy atom. The molecular weight excluding hydrogens is 194 g/mol. The van der Waals surface area contributed by atoms with E-state index >= 15 is 0 Å². The van der Waals surface area contributed by atoms with Crippen LogP contribution >= 0.6 is 0 Å². The number of nitrogens with one attached hydrogen (secondary N) is 2. The van der Waals surface area contributed by atoms with Gasteiger partial charge >= 0.3 is 11.8 Å². The van der Waals surface area contributed by atoms with Crippen molar-refractivity contribution in [2.75, 3.05) is 26.2 Å². The third-order valence-corrected chi connectivity index (χ3v) is 3.02. The molecule has 1 aliphatic heterocycles. The summed E-state index contributed by atoms with van der Waals surface area (Å²) in [7, 11) is 0. The molecule has 0 aromatic heterocycles. The van der Waals surface area contributed by atoms with E-state index in [2.05, 4.69) is 17.6 Å². The monoisotopic (exact) mass is 211 g/mol. The van der Waals surface area contributed by atoms with Gasteiger partial charge in [-0.1, -0.05) is 6.92 Å². The first-order chi connectivity index (χ1) is 7.18. The van der Waals surface area contributed by atoms with Crippen molar-refractivity contribution < 1.29 is 9.59 Å². The van der Waals surface area contributed by atoms with Gasteiger partial charge in [-0.3, -0.25) is 9.59 Å². The number of piperazine rings is 1. The predicted octanol–water partition coefficient (Wildman–Crippen LogP) is -1.06. The number of hydrogen-bond donors (Lipinski definition) is 2. The summed E-state index contributed by atoms with van der Waals surface area (Å²) >= 11 is 0. The van der Waals surface area contributed by atoms with Gasteiger partial charge in [-0.05, 0) is 12.3 Å². The van der Waals surface area contributed by atoms with Crippen molar-refractivity contribution >= 4 is 11.8 Å². The number of amides is 2. The zero-order valence-electron chi connectivity index (χ0n) is 8.95. The molecule has 2 atom stereocenters. The van der Waals surface area contributed by atoms with Gasteiger partial charge in [-0.2, -0.15) is 0 Å². The van der Waals surface area contributed by atoms with Crippen molar-refractivity contribution in [3.05, 3.63) is 0 Å². The number of nitrogens with zero attached hydrogens (tertiary/aromatic N) is 1. The molecule has 5 heteroatoms. The van der Waals surface area contributed by atoms with Crippen LogP contribution in [0.15, 0.2) is 0 Å². The number of rotatable bonds is 1. The van der Waals surface area contributed by atoms with Crippen LogP contribution in [0.4, 0.5) is 0 Å². The summed E-state index contributed by atoms with van der Waals surface area (Å²) in [4.78, 5) is 24.8. The van der Waals surface area contributed by atoms with Crippen LogP contribution in [0.5, 0.6) is 0 Å². The van der Waals surface area contributed by atoms with E-state index in [1.54, 1.807) is 4.90 Å². The van der Waals surface area contributed by atoms with Gasteiger partial charge < -0.3 is 15.5 Å². The van der Waals surface area contributed by atoms with E-state index in [1.165, 1.54) is 0 Å². The van der Waals surface area contributed by atoms with E-state index in [0.29, 0.717) is 19.0 Å². The van der Waals surface area contributed by atoms with Crippen LogP contribution in [0.25, 0.3) is 0 Å². The van der Waals surface area contributed by atoms with Crippen molar-refractivity contribution in [3.63, 3.8) is 0 Å². The molecule has 1 saturated carbocycles. The minimum atomic E-state index is -0.439. The number of carbonyl (C=O) groups excluding carboxylic acids is 2. The lowest BCUT2D eigenvalue weighted by atomic mass is 10.3. The maximum absolute atomic E-state index is 11.7. The minimum absolute atomic E-state index is 0.226. The molecule has 0 bridgehead atoms. The zero-order chi connectivity index (χ0) is 10.8. The molecule has 1 saturated heterocycles. The van der Waals surface area contributed by atoms with E-state index in [0.717, 1.165) is 19.5 Å². The summed E-state index contributed by atoms with van der Waals surface area (Å²) in [6, 6.07) is 0.226. The molecule has 2 N–H and O–H groups in total. The third kappa shape index (κ3) is 2.47. The molecule has 2 amide bonds. The quantitative estimate of drug-likeness (QED) is 0.544. The predicted molar refractivity (Wildman–Crippen MR) is 55.2 cm³/mol. The zero-order valence-corrected chi connectivity index (χ0v) is 8.95. The summed E-state index contributed by atoms with van der Waals surface area (Å²) in [5.41, 5.74) is 0. The highest BCUT2D eigenvalue weighted by molar-refractivity contribution is 6.35. The molecular formula is C10H17N3O2. The van der Waals surface area contributed by atoms with Crippen molar-refractivity contribution in [2.24, 2.45) is 5.92 Å². The normalized spacial score (nSPS) is 29.8. The van der Waals surface area contributed by atoms with E-state index in [-0.39, 0.29) is 11.9 Å². The molecule has 2 rings (SSSR count). The molecule has 1 heterocycles. The van der Waals surface area contributed by atoms with Crippen LogP contribution in [0.3, 0.4) is 0 Å². The smallest absolute Gasteiger partial charge is 0.311 e. The van der Waals surface area contributed by atoms with Crippen molar-refractivity contribution in [1.82, 2.24) is 15.5 Å². The average molecular weight is 211 g/mol. The van der Waals surface area contributed by atoms with Crippen molar-refractivity contribution in [3.8, 4) is 0 Å². The lowest BCUT2D eigenvalue weighted by Gasteiger charge is -2.26. The van der Waals surface area contributed by atoms with Crippen LogP contribution in [0.2, 0.25) is 0 Å². The topological polar surface area (TPSA) is 61.4 Å². The average Bonchev–Trinajstić information content (AvgIpc) is 2.94. The molecule has 1 aliphatic carbocycles. The van der Waals surface area contributed by atoms with Gasteiger partial charge in [0.25, 0.3) is 0 Å². The fourth-order valence-corrected chi connectivity index (χ4v) is 1.76. The summed E-state index contributed by atoms with van der Waals surface area (Å²) in [5, 5.41) is 5.89. The SMILES string of the molecule is CC1CC1NC(=O)C(=O)N1CCNCC1. The molecule has 5 nitrogen and oxygen atoms in total.